The van der Waals surface area contributed by atoms with Crippen LogP contribution in [0, 0.1) is 0 Å². The number of halogens is 4. The van der Waals surface area contributed by atoms with Gasteiger partial charge in [-0.1, -0.05) is 34.8 Å². The molecule has 5 heteroatoms. The van der Waals surface area contributed by atoms with Crippen LogP contribution in [0.3, 0.4) is 0 Å². The molecule has 0 aliphatic heterocycles. The molecule has 0 aromatic heterocycles. The van der Waals surface area contributed by atoms with Crippen molar-refractivity contribution >= 4 is 58.0 Å². The lowest BCUT2D eigenvalue weighted by Gasteiger charge is -2.23. The second-order valence-electron chi connectivity index (χ2n) is 5.44. The standard InChI is InChI=1S/C19H15Cl3P.HI/c1-23(17-8-2-14(20)3-9-17,18-10-4-15(21)5-11-18)19-12-6-16(22)7-13-19;/h2-13H,1H3;1H/q+1;/p-1. The van der Waals surface area contributed by atoms with Crippen molar-refractivity contribution in [3.8, 4) is 0 Å². The van der Waals surface area contributed by atoms with Crippen molar-refractivity contribution in [3.05, 3.63) is 87.9 Å². The Balaban J connectivity index is 0.00000208. The molecule has 0 spiro atoms. The van der Waals surface area contributed by atoms with Crippen molar-refractivity contribution in [2.45, 2.75) is 0 Å². The first-order valence-corrected chi connectivity index (χ1v) is 10.5. The van der Waals surface area contributed by atoms with Crippen molar-refractivity contribution in [2.24, 2.45) is 0 Å². The van der Waals surface area contributed by atoms with Crippen molar-refractivity contribution in [1.29, 1.82) is 0 Å². The first kappa shape index (κ1) is 20.0. The maximum Gasteiger partial charge on any atom is 0.109 e. The van der Waals surface area contributed by atoms with Crippen molar-refractivity contribution in [3.63, 3.8) is 0 Å². The molecule has 0 atom stereocenters. The molecular formula is C19H15Cl3IP. The van der Waals surface area contributed by atoms with Crippen LogP contribution in [-0.2, 0) is 0 Å². The highest BCUT2D eigenvalue weighted by molar-refractivity contribution is 7.95. The van der Waals surface area contributed by atoms with E-state index in [0.29, 0.717) is 0 Å². The van der Waals surface area contributed by atoms with E-state index in [1.807, 2.05) is 36.4 Å². The van der Waals surface area contributed by atoms with Gasteiger partial charge in [-0.2, -0.15) is 0 Å². The number of rotatable bonds is 3. The van der Waals surface area contributed by atoms with E-state index in [0.717, 1.165) is 15.1 Å². The Hall–Kier alpha value is -0.310. The van der Waals surface area contributed by atoms with Gasteiger partial charge in [-0.15, -0.1) is 0 Å². The zero-order valence-corrected chi connectivity index (χ0v) is 18.2. The molecule has 0 fully saturated rings. The Labute approximate surface area is 175 Å². The van der Waals surface area contributed by atoms with E-state index >= 15 is 0 Å². The molecule has 0 radical (unpaired) electrons. The lowest BCUT2D eigenvalue weighted by atomic mass is 10.3. The van der Waals surface area contributed by atoms with E-state index in [1.165, 1.54) is 15.9 Å². The predicted octanol–water partition coefficient (Wildman–Crippen LogP) is 2.57. The highest BCUT2D eigenvalue weighted by atomic mass is 127. The molecule has 124 valence electrons. The number of hydrogen-bond donors (Lipinski definition) is 0. The summed E-state index contributed by atoms with van der Waals surface area (Å²) < 4.78 is 0. The summed E-state index contributed by atoms with van der Waals surface area (Å²) in [5.41, 5.74) is 0. The molecule has 3 rings (SSSR count). The molecule has 0 aliphatic carbocycles. The van der Waals surface area contributed by atoms with Crippen LogP contribution in [0.25, 0.3) is 0 Å². The Bertz CT molecular complexity index is 689. The van der Waals surface area contributed by atoms with Gasteiger partial charge in [-0.25, -0.2) is 0 Å². The fourth-order valence-corrected chi connectivity index (χ4v) is 6.17. The number of hydrogen-bond acceptors (Lipinski definition) is 0. The van der Waals surface area contributed by atoms with Gasteiger partial charge in [0.25, 0.3) is 0 Å². The summed E-state index contributed by atoms with van der Waals surface area (Å²) in [7, 11) is -1.76. The van der Waals surface area contributed by atoms with Crippen molar-refractivity contribution < 1.29 is 24.0 Å². The summed E-state index contributed by atoms with van der Waals surface area (Å²) in [4.78, 5) is 0. The van der Waals surface area contributed by atoms with Gasteiger partial charge < -0.3 is 24.0 Å². The second-order valence-corrected chi connectivity index (χ2v) is 10.3. The molecule has 0 unspecified atom stereocenters. The maximum absolute atomic E-state index is 6.07. The molecule has 0 heterocycles. The van der Waals surface area contributed by atoms with Crippen LogP contribution in [0.1, 0.15) is 0 Å². The molecule has 24 heavy (non-hydrogen) atoms. The monoisotopic (exact) mass is 506 g/mol. The van der Waals surface area contributed by atoms with Gasteiger partial charge >= 0.3 is 0 Å². The minimum atomic E-state index is -1.76. The molecule has 0 aliphatic rings. The van der Waals surface area contributed by atoms with Gasteiger partial charge in [0, 0.05) is 15.1 Å². The third-order valence-electron chi connectivity index (χ3n) is 4.03. The minimum absolute atomic E-state index is 0. The van der Waals surface area contributed by atoms with Gasteiger partial charge in [0.05, 0.1) is 6.66 Å². The maximum atomic E-state index is 6.07. The SMILES string of the molecule is C[P+](c1ccc(Cl)cc1)(c1ccc(Cl)cc1)c1ccc(Cl)cc1.[I-]. The lowest BCUT2D eigenvalue weighted by Crippen LogP contribution is -3.00. The van der Waals surface area contributed by atoms with Crippen LogP contribution in [-0.4, -0.2) is 6.66 Å². The van der Waals surface area contributed by atoms with Gasteiger partial charge in [-0.3, -0.25) is 0 Å². The van der Waals surface area contributed by atoms with Crippen LogP contribution in [0.2, 0.25) is 15.1 Å². The Kier molecular flexibility index (Phi) is 6.99. The van der Waals surface area contributed by atoms with Gasteiger partial charge in [0.15, 0.2) is 0 Å². The van der Waals surface area contributed by atoms with E-state index in [9.17, 15) is 0 Å². The Morgan fingerprint density at radius 3 is 0.917 bits per heavy atom. The topological polar surface area (TPSA) is 0 Å². The molecule has 0 saturated carbocycles. The van der Waals surface area contributed by atoms with Crippen molar-refractivity contribution in [2.75, 3.05) is 6.66 Å². The molecule has 0 bridgehead atoms. The first-order chi connectivity index (χ1) is 11.0. The fourth-order valence-electron chi connectivity index (χ4n) is 2.66. The third-order valence-corrected chi connectivity index (χ3v) is 8.78. The van der Waals surface area contributed by atoms with E-state index in [1.54, 1.807) is 0 Å². The van der Waals surface area contributed by atoms with Crippen LogP contribution in [0.4, 0.5) is 0 Å². The quantitative estimate of drug-likeness (QED) is 0.378. The summed E-state index contributed by atoms with van der Waals surface area (Å²) >= 11 is 18.2. The van der Waals surface area contributed by atoms with Crippen LogP contribution >= 0.6 is 42.1 Å². The average molecular weight is 508 g/mol. The predicted molar refractivity (Wildman–Crippen MR) is 106 cm³/mol. The molecule has 0 saturated heterocycles. The summed E-state index contributed by atoms with van der Waals surface area (Å²) in [6.45, 7) is 2.31. The Morgan fingerprint density at radius 1 is 0.500 bits per heavy atom. The summed E-state index contributed by atoms with van der Waals surface area (Å²) in [5, 5.41) is 6.04. The highest BCUT2D eigenvalue weighted by Crippen LogP contribution is 2.51. The van der Waals surface area contributed by atoms with Gasteiger partial charge in [-0.05, 0) is 72.8 Å². The highest BCUT2D eigenvalue weighted by Gasteiger charge is 2.40. The van der Waals surface area contributed by atoms with Gasteiger partial charge in [0.2, 0.25) is 0 Å². The molecule has 3 aromatic rings. The molecular weight excluding hydrogens is 492 g/mol. The average Bonchev–Trinajstić information content (AvgIpc) is 2.56. The zero-order chi connectivity index (χ0) is 16.4. The van der Waals surface area contributed by atoms with E-state index in [4.69, 9.17) is 34.8 Å². The summed E-state index contributed by atoms with van der Waals surface area (Å²) in [5.74, 6) is 0. The molecule has 3 aromatic carbocycles. The summed E-state index contributed by atoms with van der Waals surface area (Å²) in [6, 6.07) is 24.3. The largest absolute Gasteiger partial charge is 1.00 e. The minimum Gasteiger partial charge on any atom is -1.00 e. The zero-order valence-electron chi connectivity index (χ0n) is 12.9. The molecule has 0 amide bonds. The summed E-state index contributed by atoms with van der Waals surface area (Å²) in [6.07, 6.45) is 0. The first-order valence-electron chi connectivity index (χ1n) is 7.15. The van der Waals surface area contributed by atoms with Gasteiger partial charge in [0.1, 0.15) is 23.2 Å². The molecule has 0 N–H and O–H groups in total. The normalized spacial score (nSPS) is 11.0. The van der Waals surface area contributed by atoms with E-state index in [2.05, 4.69) is 43.1 Å². The third kappa shape index (κ3) is 4.08. The van der Waals surface area contributed by atoms with Crippen molar-refractivity contribution in [1.82, 2.24) is 0 Å². The smallest absolute Gasteiger partial charge is 0.109 e. The van der Waals surface area contributed by atoms with E-state index in [-0.39, 0.29) is 24.0 Å². The lowest BCUT2D eigenvalue weighted by molar-refractivity contribution is -0.00000423. The fraction of sp³-hybridized carbons (Fsp3) is 0.0526. The molecule has 0 nitrogen and oxygen atoms in total. The van der Waals surface area contributed by atoms with Crippen LogP contribution in [0.15, 0.2) is 72.8 Å². The Morgan fingerprint density at radius 2 is 0.708 bits per heavy atom. The van der Waals surface area contributed by atoms with E-state index < -0.39 is 7.26 Å². The van der Waals surface area contributed by atoms with Crippen LogP contribution < -0.4 is 39.9 Å². The number of benzene rings is 3. The van der Waals surface area contributed by atoms with Crippen LogP contribution in [0.5, 0.6) is 0 Å². The second kappa shape index (κ2) is 8.38.